The first kappa shape index (κ1) is 29.6. The number of hydrogen-bond donors (Lipinski definition) is 4. The maximum Gasteiger partial charge on any atom is 1.00 e. The van der Waals surface area contributed by atoms with Crippen molar-refractivity contribution < 1.29 is 57.5 Å². The van der Waals surface area contributed by atoms with E-state index in [-0.39, 0.29) is 68.5 Å². The Kier molecular flexibility index (Phi) is 10.5. The van der Waals surface area contributed by atoms with E-state index < -0.39 is 34.1 Å². The van der Waals surface area contributed by atoms with Gasteiger partial charge < -0.3 is 25.4 Å². The van der Waals surface area contributed by atoms with E-state index in [2.05, 4.69) is 23.3 Å². The van der Waals surface area contributed by atoms with Gasteiger partial charge in [-0.25, -0.2) is 13.6 Å². The van der Waals surface area contributed by atoms with Crippen LogP contribution in [0.15, 0.2) is 17.0 Å². The number of likely N-dealkylation sites (tertiary alicyclic amines) is 1. The van der Waals surface area contributed by atoms with Crippen LogP contribution in [0.5, 0.6) is 0 Å². The summed E-state index contributed by atoms with van der Waals surface area (Å²) in [4.78, 5) is 37.5. The van der Waals surface area contributed by atoms with Gasteiger partial charge in [-0.15, -0.1) is 0 Å². The van der Waals surface area contributed by atoms with Crippen molar-refractivity contribution in [1.82, 2.24) is 10.2 Å². The molecule has 1 aromatic rings. The zero-order chi connectivity index (χ0) is 24.5. The number of halogens is 1. The Morgan fingerprint density at radius 2 is 2.06 bits per heavy atom. The van der Waals surface area contributed by atoms with Crippen molar-refractivity contribution >= 4 is 69.5 Å². The van der Waals surface area contributed by atoms with Crippen molar-refractivity contribution in [2.24, 2.45) is 11.1 Å². The third-order valence-electron chi connectivity index (χ3n) is 5.53. The van der Waals surface area contributed by atoms with E-state index in [1.807, 2.05) is 0 Å². The number of rotatable bonds is 8. The second kappa shape index (κ2) is 12.0. The first-order valence-corrected chi connectivity index (χ1v) is 13.7. The molecule has 10 nitrogen and oxygen atoms in total. The number of benzene rings is 1. The smallest absolute Gasteiger partial charge is 0.548 e. The van der Waals surface area contributed by atoms with Crippen LogP contribution in [0.1, 0.15) is 30.1 Å². The Balaban J connectivity index is 0.00000408. The number of carboxylic acid groups (broad SMARTS) is 1. The van der Waals surface area contributed by atoms with Gasteiger partial charge >= 0.3 is 29.6 Å². The first-order chi connectivity index (χ1) is 15.4. The number of anilines is 1. The molecule has 0 aromatic heterocycles. The zero-order valence-corrected chi connectivity index (χ0v) is 23.9. The standard InChI is InChI=1S/C19H25ClN4O6S3.Na/c1-9(8-31)18(26)24-7-10(4-14(24)19(27)28)32-3-2-16-22-13-6-12(20)15(33(21,29)30)5-11(13)17(25)23-16;/h5-6,9-10,14,16,22,31H,2-4,7-8H2,1H3,(H,23,25)(H,27,28)(H2,21,29,30);/q;+1/p-1/t9?,10-,14-,16?;/m0./s1. The van der Waals surface area contributed by atoms with E-state index >= 15 is 0 Å². The summed E-state index contributed by atoms with van der Waals surface area (Å²) in [5, 5.41) is 22.3. The van der Waals surface area contributed by atoms with Gasteiger partial charge in [0.1, 0.15) is 4.90 Å². The molecule has 34 heavy (non-hydrogen) atoms. The average Bonchev–Trinajstić information content (AvgIpc) is 3.15. The van der Waals surface area contributed by atoms with E-state index in [9.17, 15) is 27.9 Å². The summed E-state index contributed by atoms with van der Waals surface area (Å²) in [5.41, 5.74) is 0.508. The number of amides is 2. The van der Waals surface area contributed by atoms with Crippen molar-refractivity contribution in [2.45, 2.75) is 42.1 Å². The van der Waals surface area contributed by atoms with E-state index in [0.29, 0.717) is 30.2 Å². The van der Waals surface area contributed by atoms with Gasteiger partial charge in [-0.05, 0) is 30.7 Å². The number of hydrogen-bond acceptors (Lipinski definition) is 9. The summed E-state index contributed by atoms with van der Waals surface area (Å²) in [7, 11) is -4.08. The molecule has 4 N–H and O–H groups in total. The number of carbonyl (C=O) groups excluding carboxylic acids is 3. The van der Waals surface area contributed by atoms with Gasteiger partial charge in [0.2, 0.25) is 15.9 Å². The SMILES string of the molecule is CC(CS)C(=O)N1C[C@@H](SCCC2NC(=O)c3cc(S(N)(=O)=O)c(Cl)cc3N2)C[C@H]1C(=O)[O-].[Na+]. The summed E-state index contributed by atoms with van der Waals surface area (Å²) in [5.74, 6) is -1.48. The summed E-state index contributed by atoms with van der Waals surface area (Å²) < 4.78 is 23.3. The number of nitrogens with two attached hydrogens (primary N) is 1. The maximum atomic E-state index is 12.5. The van der Waals surface area contributed by atoms with Gasteiger partial charge in [0.15, 0.2) is 0 Å². The first-order valence-electron chi connectivity index (χ1n) is 10.1. The van der Waals surface area contributed by atoms with Crippen LogP contribution in [0.4, 0.5) is 5.69 Å². The second-order valence-electron chi connectivity index (χ2n) is 7.97. The van der Waals surface area contributed by atoms with Gasteiger partial charge in [0.05, 0.1) is 34.5 Å². The summed E-state index contributed by atoms with van der Waals surface area (Å²) in [6, 6.07) is 1.52. The average molecular weight is 559 g/mol. The van der Waals surface area contributed by atoms with Crippen LogP contribution in [0.2, 0.25) is 5.02 Å². The van der Waals surface area contributed by atoms with E-state index in [1.165, 1.54) is 22.7 Å². The van der Waals surface area contributed by atoms with Crippen molar-refractivity contribution in [3.63, 3.8) is 0 Å². The molecule has 0 saturated carbocycles. The minimum absolute atomic E-state index is 0. The van der Waals surface area contributed by atoms with E-state index in [1.54, 1.807) is 6.92 Å². The Morgan fingerprint density at radius 3 is 2.65 bits per heavy atom. The van der Waals surface area contributed by atoms with Crippen LogP contribution in [0.3, 0.4) is 0 Å². The molecular weight excluding hydrogens is 535 g/mol. The molecule has 2 aliphatic heterocycles. The third kappa shape index (κ3) is 6.75. The molecule has 182 valence electrons. The Morgan fingerprint density at radius 1 is 1.38 bits per heavy atom. The molecule has 1 aromatic carbocycles. The van der Waals surface area contributed by atoms with E-state index in [0.717, 1.165) is 6.07 Å². The number of thioether (sulfide) groups is 1. The van der Waals surface area contributed by atoms with Gasteiger partial charge in [-0.1, -0.05) is 18.5 Å². The Bertz CT molecular complexity index is 1080. The topological polar surface area (TPSA) is 162 Å². The summed E-state index contributed by atoms with van der Waals surface area (Å²) in [6.45, 7) is 2.01. The fourth-order valence-electron chi connectivity index (χ4n) is 3.78. The Labute approximate surface area is 234 Å². The maximum absolute atomic E-state index is 12.5. The fraction of sp³-hybridized carbons (Fsp3) is 0.526. The molecule has 3 rings (SSSR count). The van der Waals surface area contributed by atoms with Crippen LogP contribution >= 0.6 is 36.0 Å². The predicted octanol–water partition coefficient (Wildman–Crippen LogP) is -3.12. The quantitative estimate of drug-likeness (QED) is 0.192. The van der Waals surface area contributed by atoms with Gasteiger partial charge in [-0.3, -0.25) is 9.59 Å². The van der Waals surface area contributed by atoms with Crippen molar-refractivity contribution in [1.29, 1.82) is 0 Å². The van der Waals surface area contributed by atoms with Crippen LogP contribution in [0, 0.1) is 5.92 Å². The number of nitrogens with zero attached hydrogens (tertiary/aromatic N) is 1. The number of aliphatic carboxylic acids is 1. The van der Waals surface area contributed by atoms with Gasteiger partial charge in [0, 0.05) is 23.5 Å². The van der Waals surface area contributed by atoms with Gasteiger partial charge in [-0.2, -0.15) is 24.4 Å². The number of carbonyl (C=O) groups is 3. The van der Waals surface area contributed by atoms with Gasteiger partial charge in [0.25, 0.3) is 5.91 Å². The van der Waals surface area contributed by atoms with Crippen molar-refractivity contribution in [2.75, 3.05) is 23.4 Å². The predicted molar refractivity (Wildman–Crippen MR) is 127 cm³/mol. The van der Waals surface area contributed by atoms with Crippen molar-refractivity contribution in [3.05, 3.63) is 22.7 Å². The molecule has 2 heterocycles. The normalized spacial score (nSPS) is 22.8. The third-order valence-corrected chi connectivity index (χ3v) is 8.74. The minimum Gasteiger partial charge on any atom is -0.548 e. The molecule has 0 aliphatic carbocycles. The van der Waals surface area contributed by atoms with Crippen LogP contribution in [0.25, 0.3) is 0 Å². The molecule has 1 fully saturated rings. The molecule has 0 bridgehead atoms. The molecule has 2 unspecified atom stereocenters. The molecule has 15 heteroatoms. The second-order valence-corrected chi connectivity index (χ2v) is 11.7. The number of thiol groups is 1. The number of carboxylic acids is 1. The number of primary sulfonamides is 1. The molecule has 0 spiro atoms. The molecule has 4 atom stereocenters. The number of fused-ring (bicyclic) bond motifs is 1. The minimum atomic E-state index is -4.08. The monoisotopic (exact) mass is 558 g/mol. The molecule has 2 amide bonds. The Hall–Kier alpha value is -0.670. The molecule has 1 saturated heterocycles. The van der Waals surface area contributed by atoms with Crippen LogP contribution in [-0.2, 0) is 19.6 Å². The summed E-state index contributed by atoms with van der Waals surface area (Å²) in [6.07, 6.45) is 0.351. The fourth-order valence-corrected chi connectivity index (χ4v) is 6.33. The molecular formula is C19H24ClN4NaO6S3. The number of sulfonamides is 1. The van der Waals surface area contributed by atoms with Crippen molar-refractivity contribution in [3.8, 4) is 0 Å². The molecule has 2 aliphatic rings. The zero-order valence-electron chi connectivity index (χ0n) is 18.6. The largest absolute Gasteiger partial charge is 1.00 e. The van der Waals surface area contributed by atoms with E-state index in [4.69, 9.17) is 16.7 Å². The number of nitrogens with one attached hydrogen (secondary N) is 2. The van der Waals surface area contributed by atoms with Crippen LogP contribution in [-0.4, -0.2) is 66.6 Å². The van der Waals surface area contributed by atoms with Crippen LogP contribution < -0.4 is 50.4 Å². The summed E-state index contributed by atoms with van der Waals surface area (Å²) >= 11 is 11.6. The molecule has 0 radical (unpaired) electrons.